The predicted molar refractivity (Wildman–Crippen MR) is 148 cm³/mol. The van der Waals surface area contributed by atoms with Gasteiger partial charge in [-0.25, -0.2) is 4.98 Å². The average molecular weight is 657 g/mol. The number of H-pyrrole nitrogens is 1. The van der Waals surface area contributed by atoms with Crippen LogP contribution in [0.2, 0.25) is 0 Å². The lowest BCUT2D eigenvalue weighted by atomic mass is 10.0. The van der Waals surface area contributed by atoms with E-state index in [1.54, 1.807) is 18.3 Å². The van der Waals surface area contributed by atoms with Crippen molar-refractivity contribution >= 4 is 62.6 Å². The number of likely N-dealkylation sites (N-methyl/N-ethyl adjacent to an activating group) is 1. The summed E-state index contributed by atoms with van der Waals surface area (Å²) in [4.78, 5) is 35.6. The van der Waals surface area contributed by atoms with E-state index in [0.29, 0.717) is 29.8 Å². The van der Waals surface area contributed by atoms with E-state index in [2.05, 4.69) is 48.0 Å². The monoisotopic (exact) mass is 657 g/mol. The van der Waals surface area contributed by atoms with E-state index < -0.39 is 24.0 Å². The van der Waals surface area contributed by atoms with E-state index >= 15 is 0 Å². The topological polar surface area (TPSA) is 107 Å². The molecule has 2 aromatic heterocycles. The van der Waals surface area contributed by atoms with Gasteiger partial charge in [-0.3, -0.25) is 14.7 Å². The highest BCUT2D eigenvalue weighted by Gasteiger charge is 2.46. The predicted octanol–water partition coefficient (Wildman–Crippen LogP) is 3.64. The summed E-state index contributed by atoms with van der Waals surface area (Å²) in [6.07, 6.45) is -3.06. The molecule has 2 aliphatic heterocycles. The highest BCUT2D eigenvalue weighted by atomic mass is 127. The molecule has 2 N–H and O–H groups in total. The van der Waals surface area contributed by atoms with Crippen molar-refractivity contribution in [3.63, 3.8) is 0 Å². The molecule has 1 aromatic carbocycles. The molecule has 2 amide bonds. The molecular formula is C25H27F3IN7O3. The maximum Gasteiger partial charge on any atom is 0.471 e. The molecule has 0 spiro atoms. The number of nitrogens with zero attached hydrogens (tertiary/aromatic N) is 5. The Morgan fingerprint density at radius 1 is 1.15 bits per heavy atom. The number of piperazine rings is 1. The Morgan fingerprint density at radius 2 is 1.87 bits per heavy atom. The van der Waals surface area contributed by atoms with Crippen LogP contribution in [-0.2, 0) is 9.53 Å². The fourth-order valence-electron chi connectivity index (χ4n) is 4.87. The normalized spacial score (nSPS) is 17.4. The van der Waals surface area contributed by atoms with Crippen molar-refractivity contribution in [2.75, 3.05) is 61.6 Å². The molecule has 3 aromatic rings. The second-order valence-electron chi connectivity index (χ2n) is 9.59. The van der Waals surface area contributed by atoms with Crippen LogP contribution in [0.3, 0.4) is 0 Å². The number of carbonyl (C=O) groups excluding carboxylic acids is 2. The minimum Gasteiger partial charge on any atom is -0.381 e. The zero-order chi connectivity index (χ0) is 27.7. The van der Waals surface area contributed by atoms with Crippen molar-refractivity contribution in [3.05, 3.63) is 39.6 Å². The third kappa shape index (κ3) is 5.96. The van der Waals surface area contributed by atoms with Gasteiger partial charge in [-0.05, 0) is 66.7 Å². The molecule has 0 bridgehead atoms. The van der Waals surface area contributed by atoms with Crippen LogP contribution < -0.4 is 15.1 Å². The number of nitrogens with one attached hydrogen (secondary N) is 2. The summed E-state index contributed by atoms with van der Waals surface area (Å²) in [5, 5.41) is 10.1. The number of hydrogen-bond donors (Lipinski definition) is 2. The molecule has 0 saturated carbocycles. The van der Waals surface area contributed by atoms with Gasteiger partial charge in [-0.2, -0.15) is 18.3 Å². The van der Waals surface area contributed by atoms with Crippen LogP contribution >= 0.6 is 22.6 Å². The van der Waals surface area contributed by atoms with Gasteiger partial charge >= 0.3 is 12.1 Å². The molecule has 39 heavy (non-hydrogen) atoms. The summed E-state index contributed by atoms with van der Waals surface area (Å²) < 4.78 is 48.0. The van der Waals surface area contributed by atoms with Gasteiger partial charge in [0.1, 0.15) is 5.82 Å². The van der Waals surface area contributed by atoms with Crippen LogP contribution in [-0.4, -0.2) is 90.6 Å². The summed E-state index contributed by atoms with van der Waals surface area (Å²) >= 11 is 2.08. The number of pyridine rings is 1. The van der Waals surface area contributed by atoms with Gasteiger partial charge in [0.2, 0.25) is 0 Å². The molecule has 0 unspecified atom stereocenters. The van der Waals surface area contributed by atoms with Crippen molar-refractivity contribution in [2.24, 2.45) is 0 Å². The Bertz CT molecular complexity index is 1370. The van der Waals surface area contributed by atoms with Crippen LogP contribution in [0.1, 0.15) is 23.2 Å². The van der Waals surface area contributed by atoms with Crippen LogP contribution in [0.15, 0.2) is 30.5 Å². The molecule has 2 fully saturated rings. The van der Waals surface area contributed by atoms with Crippen molar-refractivity contribution in [3.8, 4) is 0 Å². The van der Waals surface area contributed by atoms with E-state index in [9.17, 15) is 22.8 Å². The number of anilines is 3. The fraction of sp³-hybridized carbons (Fsp3) is 0.440. The Hall–Kier alpha value is -2.98. The first kappa shape index (κ1) is 27.6. The zero-order valence-electron chi connectivity index (χ0n) is 21.1. The molecule has 0 atom stereocenters. The minimum atomic E-state index is -5.13. The molecule has 14 heteroatoms. The van der Waals surface area contributed by atoms with Gasteiger partial charge in [0.15, 0.2) is 5.65 Å². The first-order valence-electron chi connectivity index (χ1n) is 12.5. The van der Waals surface area contributed by atoms with Gasteiger partial charge < -0.3 is 24.8 Å². The number of aromatic nitrogens is 3. The number of carbonyl (C=O) groups is 2. The summed E-state index contributed by atoms with van der Waals surface area (Å²) in [6.45, 7) is 3.33. The number of hydrogen-bond acceptors (Lipinski definition) is 7. The number of fused-ring (bicyclic) bond motifs is 1. The summed E-state index contributed by atoms with van der Waals surface area (Å²) in [5.74, 6) is -2.43. The number of rotatable bonds is 5. The summed E-state index contributed by atoms with van der Waals surface area (Å²) in [5.41, 5.74) is 0.882. The highest BCUT2D eigenvalue weighted by Crippen LogP contribution is 2.35. The second kappa shape index (κ2) is 11.3. The first-order chi connectivity index (χ1) is 18.6. The molecule has 10 nitrogen and oxygen atoms in total. The molecule has 2 saturated heterocycles. The third-order valence-electron chi connectivity index (χ3n) is 6.99. The molecule has 2 aliphatic rings. The van der Waals surface area contributed by atoms with Crippen molar-refractivity contribution in [2.45, 2.75) is 25.1 Å². The molecule has 0 aliphatic carbocycles. The molecule has 0 radical (unpaired) electrons. The van der Waals surface area contributed by atoms with Crippen LogP contribution in [0.25, 0.3) is 11.0 Å². The fourth-order valence-corrected chi connectivity index (χ4v) is 5.33. The summed E-state index contributed by atoms with van der Waals surface area (Å²) in [7, 11) is 2.00. The van der Waals surface area contributed by atoms with E-state index in [-0.39, 0.29) is 43.1 Å². The maximum absolute atomic E-state index is 13.9. The van der Waals surface area contributed by atoms with E-state index in [1.807, 2.05) is 11.9 Å². The number of aromatic amines is 1. The lowest BCUT2D eigenvalue weighted by Crippen LogP contribution is -2.50. The molecular weight excluding hydrogens is 630 g/mol. The van der Waals surface area contributed by atoms with Crippen LogP contribution in [0.5, 0.6) is 0 Å². The van der Waals surface area contributed by atoms with E-state index in [1.165, 1.54) is 12.1 Å². The number of benzene rings is 1. The van der Waals surface area contributed by atoms with Crippen molar-refractivity contribution in [1.82, 2.24) is 20.1 Å². The first-order valence-corrected chi connectivity index (χ1v) is 13.6. The SMILES string of the molecule is CN1CCN(c2ccc(C(=O)Nc3[nH]nc4ncc(I)cc34)c(N(C(=O)C(F)(F)F)C3CCOCC3)c2)CC1. The third-order valence-corrected chi connectivity index (χ3v) is 7.58. The Labute approximate surface area is 236 Å². The summed E-state index contributed by atoms with van der Waals surface area (Å²) in [6, 6.07) is 5.71. The molecule has 208 valence electrons. The average Bonchev–Trinajstić information content (AvgIpc) is 3.30. The second-order valence-corrected chi connectivity index (χ2v) is 10.8. The van der Waals surface area contributed by atoms with E-state index in [0.717, 1.165) is 21.6 Å². The standard InChI is InChI=1S/C25H27F3IN7O3/c1-34-6-8-35(9-7-34)17-2-3-18(23(37)31-22-19-12-15(29)14-30-21(19)32-33-22)20(13-17)36(24(38)25(26,27)28)16-4-10-39-11-5-16/h2-3,12-14,16H,4-11H2,1H3,(H2,30,31,32,33,37). The smallest absolute Gasteiger partial charge is 0.381 e. The lowest BCUT2D eigenvalue weighted by molar-refractivity contribution is -0.171. The zero-order valence-corrected chi connectivity index (χ0v) is 23.3. The van der Waals surface area contributed by atoms with Gasteiger partial charge in [0.05, 0.1) is 16.6 Å². The van der Waals surface area contributed by atoms with Crippen LogP contribution in [0, 0.1) is 3.57 Å². The largest absolute Gasteiger partial charge is 0.471 e. The van der Waals surface area contributed by atoms with Gasteiger partial charge in [0.25, 0.3) is 5.91 Å². The van der Waals surface area contributed by atoms with Crippen LogP contribution in [0.4, 0.5) is 30.4 Å². The molecule has 5 rings (SSSR count). The highest BCUT2D eigenvalue weighted by molar-refractivity contribution is 14.1. The van der Waals surface area contributed by atoms with E-state index in [4.69, 9.17) is 4.74 Å². The number of alkyl halides is 3. The number of ether oxygens (including phenoxy) is 1. The Balaban J connectivity index is 1.58. The maximum atomic E-state index is 13.9. The number of amides is 2. The van der Waals surface area contributed by atoms with Gasteiger partial charge in [-0.15, -0.1) is 0 Å². The van der Waals surface area contributed by atoms with Crippen molar-refractivity contribution < 1.29 is 27.5 Å². The molecule has 4 heterocycles. The lowest BCUT2D eigenvalue weighted by Gasteiger charge is -2.37. The number of halogens is 4. The van der Waals surface area contributed by atoms with Gasteiger partial charge in [-0.1, -0.05) is 0 Å². The Morgan fingerprint density at radius 3 is 2.56 bits per heavy atom. The van der Waals surface area contributed by atoms with Crippen molar-refractivity contribution in [1.29, 1.82) is 0 Å². The Kier molecular flexibility index (Phi) is 7.96. The minimum absolute atomic E-state index is 0.0571. The van der Waals surface area contributed by atoms with Gasteiger partial charge in [0, 0.05) is 60.9 Å². The quantitative estimate of drug-likeness (QED) is 0.404.